The lowest BCUT2D eigenvalue weighted by atomic mass is 10.1. The Labute approximate surface area is 120 Å². The first-order valence-corrected chi connectivity index (χ1v) is 6.51. The maximum atomic E-state index is 12.7. The fourth-order valence-corrected chi connectivity index (χ4v) is 1.90. The van der Waals surface area contributed by atoms with Gasteiger partial charge in [0.15, 0.2) is 0 Å². The number of halogens is 4. The minimum atomic E-state index is -4.51. The third kappa shape index (κ3) is 4.27. The summed E-state index contributed by atoms with van der Waals surface area (Å²) in [6, 6.07) is 3.53. The zero-order valence-corrected chi connectivity index (χ0v) is 11.9. The van der Waals surface area contributed by atoms with E-state index >= 15 is 0 Å². The van der Waals surface area contributed by atoms with Crippen LogP contribution in [-0.4, -0.2) is 23.9 Å². The number of benzene rings is 1. The monoisotopic (exact) mass is 305 g/mol. The first-order chi connectivity index (χ1) is 9.29. The standard InChI is InChI=1S/C14H15ClF3NO/c1-3-19(4-2)13(20)8-6-10-5-7-12(15)11(9-10)14(16,17)18/h5-9H,3-4H2,1-2H3/b8-6+. The molecule has 0 radical (unpaired) electrons. The van der Waals surface area contributed by atoms with Gasteiger partial charge in [-0.05, 0) is 37.6 Å². The van der Waals surface area contributed by atoms with Gasteiger partial charge in [-0.15, -0.1) is 0 Å². The molecule has 1 aromatic carbocycles. The van der Waals surface area contributed by atoms with Crippen molar-refractivity contribution in [3.63, 3.8) is 0 Å². The molecule has 0 aromatic heterocycles. The Hall–Kier alpha value is -1.49. The molecule has 0 bridgehead atoms. The van der Waals surface area contributed by atoms with Gasteiger partial charge in [0.05, 0.1) is 10.6 Å². The zero-order valence-electron chi connectivity index (χ0n) is 11.2. The van der Waals surface area contributed by atoms with Crippen molar-refractivity contribution in [1.29, 1.82) is 0 Å². The van der Waals surface area contributed by atoms with Gasteiger partial charge >= 0.3 is 6.18 Å². The summed E-state index contributed by atoms with van der Waals surface area (Å²) in [6.07, 6.45) is -1.90. The molecule has 0 heterocycles. The van der Waals surface area contributed by atoms with Crippen LogP contribution in [0.4, 0.5) is 13.2 Å². The number of hydrogen-bond acceptors (Lipinski definition) is 1. The molecule has 110 valence electrons. The van der Waals surface area contributed by atoms with Gasteiger partial charge in [0.25, 0.3) is 0 Å². The van der Waals surface area contributed by atoms with Gasteiger partial charge in [-0.2, -0.15) is 13.2 Å². The van der Waals surface area contributed by atoms with Crippen LogP contribution in [0.15, 0.2) is 24.3 Å². The van der Waals surface area contributed by atoms with Gasteiger partial charge < -0.3 is 4.90 Å². The molecule has 0 aliphatic carbocycles. The molecule has 0 unspecified atom stereocenters. The molecule has 6 heteroatoms. The molecule has 1 rings (SSSR count). The minimum absolute atomic E-state index is 0.237. The minimum Gasteiger partial charge on any atom is -0.340 e. The van der Waals surface area contributed by atoms with E-state index < -0.39 is 11.7 Å². The van der Waals surface area contributed by atoms with Crippen LogP contribution in [0.1, 0.15) is 25.0 Å². The van der Waals surface area contributed by atoms with E-state index in [9.17, 15) is 18.0 Å². The Morgan fingerprint density at radius 1 is 1.30 bits per heavy atom. The van der Waals surface area contributed by atoms with Crippen LogP contribution in [0.5, 0.6) is 0 Å². The van der Waals surface area contributed by atoms with Gasteiger partial charge in [0.2, 0.25) is 5.91 Å². The summed E-state index contributed by atoms with van der Waals surface area (Å²) in [5, 5.41) is -0.357. The first-order valence-electron chi connectivity index (χ1n) is 6.13. The molecular formula is C14H15ClF3NO. The molecule has 0 aliphatic rings. The molecule has 1 amide bonds. The number of alkyl halides is 3. The van der Waals surface area contributed by atoms with E-state index in [1.54, 1.807) is 4.90 Å². The molecule has 2 nitrogen and oxygen atoms in total. The lowest BCUT2D eigenvalue weighted by Gasteiger charge is -2.15. The molecule has 0 atom stereocenters. The van der Waals surface area contributed by atoms with Crippen molar-refractivity contribution in [1.82, 2.24) is 4.90 Å². The van der Waals surface area contributed by atoms with Crippen LogP contribution < -0.4 is 0 Å². The quantitative estimate of drug-likeness (QED) is 0.762. The molecule has 0 aliphatic heterocycles. The second-order valence-electron chi connectivity index (χ2n) is 4.08. The maximum absolute atomic E-state index is 12.7. The fourth-order valence-electron chi connectivity index (χ4n) is 1.67. The van der Waals surface area contributed by atoms with Crippen LogP contribution >= 0.6 is 11.6 Å². The number of rotatable bonds is 4. The van der Waals surface area contributed by atoms with Crippen molar-refractivity contribution in [3.8, 4) is 0 Å². The van der Waals surface area contributed by atoms with Gasteiger partial charge in [-0.25, -0.2) is 0 Å². The number of carbonyl (C=O) groups is 1. The van der Waals surface area contributed by atoms with E-state index in [0.29, 0.717) is 13.1 Å². The third-order valence-corrected chi connectivity index (χ3v) is 3.12. The average molecular weight is 306 g/mol. The van der Waals surface area contributed by atoms with Crippen molar-refractivity contribution in [2.24, 2.45) is 0 Å². The average Bonchev–Trinajstić information content (AvgIpc) is 2.37. The van der Waals surface area contributed by atoms with Gasteiger partial charge in [-0.3, -0.25) is 4.79 Å². The van der Waals surface area contributed by atoms with E-state index in [1.807, 2.05) is 13.8 Å². The number of likely N-dealkylation sites (N-methyl/N-ethyl adjacent to an activating group) is 1. The normalized spacial score (nSPS) is 11.9. The number of carbonyl (C=O) groups excluding carboxylic acids is 1. The summed E-state index contributed by atoms with van der Waals surface area (Å²) < 4.78 is 38.0. The first kappa shape index (κ1) is 16.6. The summed E-state index contributed by atoms with van der Waals surface area (Å²) in [4.78, 5) is 13.3. The molecule has 0 N–H and O–H groups in total. The largest absolute Gasteiger partial charge is 0.417 e. The molecule has 20 heavy (non-hydrogen) atoms. The van der Waals surface area contributed by atoms with Crippen molar-refractivity contribution in [2.45, 2.75) is 20.0 Å². The Kier molecular flexibility index (Phi) is 5.62. The number of amides is 1. The van der Waals surface area contributed by atoms with Gasteiger partial charge in [-0.1, -0.05) is 17.7 Å². The Balaban J connectivity index is 2.97. The highest BCUT2D eigenvalue weighted by Crippen LogP contribution is 2.35. The molecule has 0 spiro atoms. The van der Waals surface area contributed by atoms with E-state index in [0.717, 1.165) is 6.07 Å². The van der Waals surface area contributed by atoms with Crippen LogP contribution in [0.3, 0.4) is 0 Å². The van der Waals surface area contributed by atoms with Crippen LogP contribution in [0.25, 0.3) is 6.08 Å². The third-order valence-electron chi connectivity index (χ3n) is 2.79. The SMILES string of the molecule is CCN(CC)C(=O)/C=C/c1ccc(Cl)c(C(F)(F)F)c1. The Bertz CT molecular complexity index is 508. The van der Waals surface area contributed by atoms with Crippen molar-refractivity contribution < 1.29 is 18.0 Å². The second kappa shape index (κ2) is 6.79. The fraction of sp³-hybridized carbons (Fsp3) is 0.357. The summed E-state index contributed by atoms with van der Waals surface area (Å²) >= 11 is 5.52. The highest BCUT2D eigenvalue weighted by atomic mass is 35.5. The molecule has 0 saturated heterocycles. The van der Waals surface area contributed by atoms with Gasteiger partial charge in [0.1, 0.15) is 0 Å². The maximum Gasteiger partial charge on any atom is 0.417 e. The molecule has 1 aromatic rings. The zero-order chi connectivity index (χ0) is 15.3. The lowest BCUT2D eigenvalue weighted by Crippen LogP contribution is -2.28. The second-order valence-corrected chi connectivity index (χ2v) is 4.49. The summed E-state index contributed by atoms with van der Waals surface area (Å²) in [5.74, 6) is -0.237. The van der Waals surface area contributed by atoms with E-state index in [2.05, 4.69) is 0 Å². The number of hydrogen-bond donors (Lipinski definition) is 0. The van der Waals surface area contributed by atoms with Crippen LogP contribution in [-0.2, 0) is 11.0 Å². The van der Waals surface area contributed by atoms with Crippen molar-refractivity contribution >= 4 is 23.6 Å². The van der Waals surface area contributed by atoms with Crippen molar-refractivity contribution in [2.75, 3.05) is 13.1 Å². The van der Waals surface area contributed by atoms with Crippen molar-refractivity contribution in [3.05, 3.63) is 40.4 Å². The summed E-state index contributed by atoms with van der Waals surface area (Å²) in [5.41, 5.74) is -0.626. The van der Waals surface area contributed by atoms with Crippen LogP contribution in [0.2, 0.25) is 5.02 Å². The summed E-state index contributed by atoms with van der Waals surface area (Å²) in [6.45, 7) is 4.76. The molecule has 0 saturated carbocycles. The molecule has 0 fully saturated rings. The number of nitrogens with zero attached hydrogens (tertiary/aromatic N) is 1. The van der Waals surface area contributed by atoms with Crippen LogP contribution in [0, 0.1) is 0 Å². The van der Waals surface area contributed by atoms with E-state index in [-0.39, 0.29) is 16.5 Å². The molecular weight excluding hydrogens is 291 g/mol. The van der Waals surface area contributed by atoms with Gasteiger partial charge in [0, 0.05) is 19.2 Å². The topological polar surface area (TPSA) is 20.3 Å². The Morgan fingerprint density at radius 2 is 1.90 bits per heavy atom. The highest BCUT2D eigenvalue weighted by molar-refractivity contribution is 6.31. The highest BCUT2D eigenvalue weighted by Gasteiger charge is 2.33. The smallest absolute Gasteiger partial charge is 0.340 e. The van der Waals surface area contributed by atoms with E-state index in [4.69, 9.17) is 11.6 Å². The summed E-state index contributed by atoms with van der Waals surface area (Å²) in [7, 11) is 0. The predicted molar refractivity (Wildman–Crippen MR) is 73.4 cm³/mol. The predicted octanol–water partition coefficient (Wildman–Crippen LogP) is 4.24. The Morgan fingerprint density at radius 3 is 2.40 bits per heavy atom. The van der Waals surface area contributed by atoms with E-state index in [1.165, 1.54) is 24.3 Å². The lowest BCUT2D eigenvalue weighted by molar-refractivity contribution is -0.137.